The average Bonchev–Trinajstić information content (AvgIpc) is 3.00. The lowest BCUT2D eigenvalue weighted by Gasteiger charge is -2.12. The molecule has 0 N–H and O–H groups in total. The van der Waals surface area contributed by atoms with Crippen LogP contribution in [0.5, 0.6) is 0 Å². The highest BCUT2D eigenvalue weighted by atomic mass is 14.1. The van der Waals surface area contributed by atoms with Crippen LogP contribution in [0.3, 0.4) is 0 Å². The van der Waals surface area contributed by atoms with Gasteiger partial charge in [0, 0.05) is 0 Å². The Labute approximate surface area is 247 Å². The summed E-state index contributed by atoms with van der Waals surface area (Å²) in [6.45, 7) is 10.7. The van der Waals surface area contributed by atoms with Crippen LogP contribution < -0.4 is 0 Å². The molecule has 204 valence electrons. The minimum atomic E-state index is 1.27. The molecule has 6 rings (SSSR count). The first-order valence-electron chi connectivity index (χ1n) is 14.3. The minimum Gasteiger partial charge on any atom is -0.0622 e. The molecule has 0 aliphatic rings. The molecule has 6 aromatic carbocycles. The molecule has 0 saturated carbocycles. The molecule has 0 aliphatic carbocycles. The molecule has 0 aliphatic heterocycles. The lowest BCUT2D eigenvalue weighted by Crippen LogP contribution is -1.88. The van der Waals surface area contributed by atoms with Gasteiger partial charge >= 0.3 is 0 Å². The minimum absolute atomic E-state index is 1.27. The number of hydrogen-bond donors (Lipinski definition) is 0. The summed E-state index contributed by atoms with van der Waals surface area (Å²) < 4.78 is 0. The van der Waals surface area contributed by atoms with Gasteiger partial charge in [-0.05, 0) is 85.2 Å². The Bertz CT molecular complexity index is 1630. The Hall–Kier alpha value is -4.68. The van der Waals surface area contributed by atoms with Crippen LogP contribution in [0.1, 0.15) is 27.8 Å². The van der Waals surface area contributed by atoms with Crippen molar-refractivity contribution in [2.24, 2.45) is 0 Å². The van der Waals surface area contributed by atoms with E-state index < -0.39 is 0 Å². The van der Waals surface area contributed by atoms with Gasteiger partial charge in [-0.15, -0.1) is 0 Å². The third-order valence-electron chi connectivity index (χ3n) is 7.16. The van der Waals surface area contributed by atoms with E-state index in [2.05, 4.69) is 162 Å². The van der Waals surface area contributed by atoms with Crippen LogP contribution in [-0.4, -0.2) is 0 Å². The fourth-order valence-corrected chi connectivity index (χ4v) is 4.62. The van der Waals surface area contributed by atoms with Gasteiger partial charge in [0.15, 0.2) is 0 Å². The second-order valence-electron chi connectivity index (χ2n) is 10.6. The standard InChI is InChI=1S/C21H20.C13H12.C7H8/c1-15-8-11-18(12-9-15)19-13-10-17(3)21(14-19)20-7-5-4-6-16(20)2;1-11-7-9-13(10-8-11)12-5-3-2-4-6-12;1-7-5-3-2-4-6-7/h4-14H,1-3H3;2-10H,1H3;2-6H,1H3. The monoisotopic (exact) mass is 532 g/mol. The Kier molecular flexibility index (Phi) is 10.5. The topological polar surface area (TPSA) is 0 Å². The highest BCUT2D eigenvalue weighted by Crippen LogP contribution is 2.31. The van der Waals surface area contributed by atoms with E-state index in [1.807, 2.05) is 24.3 Å². The van der Waals surface area contributed by atoms with E-state index in [0.29, 0.717) is 0 Å². The molecule has 0 spiro atoms. The molecule has 0 saturated heterocycles. The van der Waals surface area contributed by atoms with Crippen molar-refractivity contribution in [3.8, 4) is 33.4 Å². The van der Waals surface area contributed by atoms with Gasteiger partial charge in [0.2, 0.25) is 0 Å². The molecule has 0 atom stereocenters. The van der Waals surface area contributed by atoms with Crippen molar-refractivity contribution < 1.29 is 0 Å². The third kappa shape index (κ3) is 8.65. The van der Waals surface area contributed by atoms with Crippen LogP contribution in [-0.2, 0) is 0 Å². The van der Waals surface area contributed by atoms with Crippen molar-refractivity contribution in [2.75, 3.05) is 0 Å². The predicted octanol–water partition coefficient (Wildman–Crippen LogP) is 11.6. The second kappa shape index (κ2) is 14.6. The summed E-state index contributed by atoms with van der Waals surface area (Å²) in [5, 5.41) is 0. The Balaban J connectivity index is 0.000000163. The molecular formula is C41H40. The molecular weight excluding hydrogens is 492 g/mol. The molecule has 0 radical (unpaired) electrons. The quantitative estimate of drug-likeness (QED) is 0.213. The lowest BCUT2D eigenvalue weighted by molar-refractivity contribution is 1.40. The Morgan fingerprint density at radius 3 is 1.17 bits per heavy atom. The zero-order valence-electron chi connectivity index (χ0n) is 24.9. The van der Waals surface area contributed by atoms with Gasteiger partial charge in [0.25, 0.3) is 0 Å². The van der Waals surface area contributed by atoms with Crippen molar-refractivity contribution in [2.45, 2.75) is 34.6 Å². The number of benzene rings is 6. The van der Waals surface area contributed by atoms with E-state index in [1.165, 1.54) is 61.2 Å². The highest BCUT2D eigenvalue weighted by molar-refractivity contribution is 5.77. The molecule has 0 heteroatoms. The first-order chi connectivity index (χ1) is 19.9. The van der Waals surface area contributed by atoms with E-state index in [0.717, 1.165) is 0 Å². The van der Waals surface area contributed by atoms with E-state index in [1.54, 1.807) is 0 Å². The molecule has 0 bridgehead atoms. The fraction of sp³-hybridized carbons (Fsp3) is 0.122. The highest BCUT2D eigenvalue weighted by Gasteiger charge is 2.07. The first-order valence-corrected chi connectivity index (χ1v) is 14.3. The zero-order chi connectivity index (χ0) is 29.0. The molecule has 6 aromatic rings. The normalized spacial score (nSPS) is 10.1. The Morgan fingerprint density at radius 2 is 0.659 bits per heavy atom. The van der Waals surface area contributed by atoms with Gasteiger partial charge in [-0.3, -0.25) is 0 Å². The van der Waals surface area contributed by atoms with E-state index in [9.17, 15) is 0 Å². The summed E-state index contributed by atoms with van der Waals surface area (Å²) in [5.74, 6) is 0. The van der Waals surface area contributed by atoms with Crippen LogP contribution in [0.4, 0.5) is 0 Å². The maximum Gasteiger partial charge on any atom is -0.0146 e. The Morgan fingerprint density at radius 1 is 0.268 bits per heavy atom. The molecule has 0 aromatic heterocycles. The van der Waals surface area contributed by atoms with Crippen molar-refractivity contribution in [1.29, 1.82) is 0 Å². The van der Waals surface area contributed by atoms with E-state index in [-0.39, 0.29) is 0 Å². The van der Waals surface area contributed by atoms with Gasteiger partial charge < -0.3 is 0 Å². The first kappa shape index (κ1) is 29.3. The summed E-state index contributed by atoms with van der Waals surface area (Å²) in [6, 6.07) is 53.3. The smallest absolute Gasteiger partial charge is 0.0146 e. The van der Waals surface area contributed by atoms with Crippen LogP contribution in [0, 0.1) is 34.6 Å². The summed E-state index contributed by atoms with van der Waals surface area (Å²) in [7, 11) is 0. The summed E-state index contributed by atoms with van der Waals surface area (Å²) in [4.78, 5) is 0. The fourth-order valence-electron chi connectivity index (χ4n) is 4.62. The lowest BCUT2D eigenvalue weighted by atomic mass is 9.93. The van der Waals surface area contributed by atoms with Crippen molar-refractivity contribution in [3.05, 3.63) is 179 Å². The van der Waals surface area contributed by atoms with Crippen molar-refractivity contribution in [3.63, 3.8) is 0 Å². The van der Waals surface area contributed by atoms with Crippen molar-refractivity contribution >= 4 is 0 Å². The van der Waals surface area contributed by atoms with Gasteiger partial charge in [-0.25, -0.2) is 0 Å². The largest absolute Gasteiger partial charge is 0.0622 e. The van der Waals surface area contributed by atoms with Gasteiger partial charge in [0.1, 0.15) is 0 Å². The van der Waals surface area contributed by atoms with Gasteiger partial charge in [0.05, 0.1) is 0 Å². The number of rotatable bonds is 3. The number of hydrogen-bond acceptors (Lipinski definition) is 0. The SMILES string of the molecule is Cc1ccc(-c2ccc(C)c(-c3ccccc3C)c2)cc1.Cc1ccc(-c2ccccc2)cc1.Cc1ccccc1. The van der Waals surface area contributed by atoms with Gasteiger partial charge in [-0.2, -0.15) is 0 Å². The second-order valence-corrected chi connectivity index (χ2v) is 10.6. The molecule has 0 amide bonds. The van der Waals surface area contributed by atoms with Crippen LogP contribution in [0.15, 0.2) is 152 Å². The van der Waals surface area contributed by atoms with Crippen LogP contribution >= 0.6 is 0 Å². The number of aryl methyl sites for hydroxylation is 5. The van der Waals surface area contributed by atoms with E-state index in [4.69, 9.17) is 0 Å². The molecule has 41 heavy (non-hydrogen) atoms. The summed E-state index contributed by atoms with van der Waals surface area (Å²) in [5.41, 5.74) is 14.3. The van der Waals surface area contributed by atoms with Gasteiger partial charge in [-0.1, -0.05) is 162 Å². The average molecular weight is 533 g/mol. The zero-order valence-corrected chi connectivity index (χ0v) is 24.9. The van der Waals surface area contributed by atoms with Crippen LogP contribution in [0.25, 0.3) is 33.4 Å². The predicted molar refractivity (Wildman–Crippen MR) is 179 cm³/mol. The molecule has 0 heterocycles. The maximum atomic E-state index is 2.31. The maximum absolute atomic E-state index is 2.31. The van der Waals surface area contributed by atoms with Crippen LogP contribution in [0.2, 0.25) is 0 Å². The van der Waals surface area contributed by atoms with Crippen molar-refractivity contribution in [1.82, 2.24) is 0 Å². The molecule has 0 fully saturated rings. The molecule has 0 unspecified atom stereocenters. The molecule has 0 nitrogen and oxygen atoms in total. The summed E-state index contributed by atoms with van der Waals surface area (Å²) in [6.07, 6.45) is 0. The van der Waals surface area contributed by atoms with E-state index >= 15 is 0 Å². The summed E-state index contributed by atoms with van der Waals surface area (Å²) >= 11 is 0. The third-order valence-corrected chi connectivity index (χ3v) is 7.16.